The van der Waals surface area contributed by atoms with Gasteiger partial charge in [0.2, 0.25) is 0 Å². The first kappa shape index (κ1) is 16.4. The van der Waals surface area contributed by atoms with Crippen LogP contribution in [-0.2, 0) is 28.6 Å². The molecule has 1 unspecified atom stereocenters. The zero-order chi connectivity index (χ0) is 14.1. The van der Waals surface area contributed by atoms with Gasteiger partial charge in [0.1, 0.15) is 0 Å². The van der Waals surface area contributed by atoms with Gasteiger partial charge in [0.15, 0.2) is 5.92 Å². The average molecular weight is 260 g/mol. The SMILES string of the molecule is CCCOC(=O)CC(C)C(C(=O)OC)C(=O)OC. The van der Waals surface area contributed by atoms with E-state index in [1.807, 2.05) is 6.92 Å². The van der Waals surface area contributed by atoms with Crippen LogP contribution in [0.1, 0.15) is 26.7 Å². The van der Waals surface area contributed by atoms with Crippen molar-refractivity contribution in [3.05, 3.63) is 0 Å². The zero-order valence-electron chi connectivity index (χ0n) is 11.2. The molecule has 6 heteroatoms. The lowest BCUT2D eigenvalue weighted by atomic mass is 9.91. The molecular formula is C12H20O6. The second kappa shape index (κ2) is 8.49. The van der Waals surface area contributed by atoms with Crippen LogP contribution >= 0.6 is 0 Å². The van der Waals surface area contributed by atoms with Crippen LogP contribution in [0.15, 0.2) is 0 Å². The molecule has 0 aromatic rings. The summed E-state index contributed by atoms with van der Waals surface area (Å²) in [6, 6.07) is 0. The van der Waals surface area contributed by atoms with E-state index in [-0.39, 0.29) is 6.42 Å². The van der Waals surface area contributed by atoms with Gasteiger partial charge in [0.25, 0.3) is 0 Å². The van der Waals surface area contributed by atoms with E-state index in [4.69, 9.17) is 4.74 Å². The standard InChI is InChI=1S/C12H20O6/c1-5-6-18-9(13)7-8(2)10(11(14)16-3)12(15)17-4/h8,10H,5-7H2,1-4H3. The molecule has 0 amide bonds. The summed E-state index contributed by atoms with van der Waals surface area (Å²) in [4.78, 5) is 34.4. The van der Waals surface area contributed by atoms with Crippen molar-refractivity contribution < 1.29 is 28.6 Å². The predicted octanol–water partition coefficient (Wildman–Crippen LogP) is 0.928. The average Bonchev–Trinajstić information content (AvgIpc) is 2.35. The first-order valence-electron chi connectivity index (χ1n) is 5.79. The second-order valence-corrected chi connectivity index (χ2v) is 3.93. The van der Waals surface area contributed by atoms with Crippen molar-refractivity contribution >= 4 is 17.9 Å². The lowest BCUT2D eigenvalue weighted by Gasteiger charge is -2.18. The number of carbonyl (C=O) groups excluding carboxylic acids is 3. The van der Waals surface area contributed by atoms with Crippen LogP contribution in [0.2, 0.25) is 0 Å². The van der Waals surface area contributed by atoms with Gasteiger partial charge in [-0.05, 0) is 12.3 Å². The summed E-state index contributed by atoms with van der Waals surface area (Å²) >= 11 is 0. The smallest absolute Gasteiger partial charge is 0.320 e. The quantitative estimate of drug-likeness (QED) is 0.385. The summed E-state index contributed by atoms with van der Waals surface area (Å²) in [5.41, 5.74) is 0. The number of esters is 3. The highest BCUT2D eigenvalue weighted by Crippen LogP contribution is 2.19. The van der Waals surface area contributed by atoms with Crippen molar-refractivity contribution in [3.63, 3.8) is 0 Å². The van der Waals surface area contributed by atoms with Crippen LogP contribution in [0.3, 0.4) is 0 Å². The highest BCUT2D eigenvalue weighted by molar-refractivity contribution is 5.95. The molecule has 0 aliphatic heterocycles. The third kappa shape index (κ3) is 5.16. The summed E-state index contributed by atoms with van der Waals surface area (Å²) in [5, 5.41) is 0. The van der Waals surface area contributed by atoms with Gasteiger partial charge in [0.05, 0.1) is 20.8 Å². The molecule has 0 aromatic heterocycles. The maximum atomic E-state index is 11.5. The van der Waals surface area contributed by atoms with Gasteiger partial charge in [-0.2, -0.15) is 0 Å². The Morgan fingerprint density at radius 2 is 1.56 bits per heavy atom. The van der Waals surface area contributed by atoms with E-state index < -0.39 is 29.7 Å². The minimum absolute atomic E-state index is 0.0329. The molecule has 1 atom stereocenters. The van der Waals surface area contributed by atoms with Gasteiger partial charge in [0, 0.05) is 6.42 Å². The monoisotopic (exact) mass is 260 g/mol. The molecular weight excluding hydrogens is 240 g/mol. The Morgan fingerprint density at radius 3 is 1.94 bits per heavy atom. The molecule has 0 fully saturated rings. The Labute approximate surface area is 107 Å². The van der Waals surface area contributed by atoms with E-state index in [2.05, 4.69) is 9.47 Å². The first-order chi connectivity index (χ1) is 8.47. The van der Waals surface area contributed by atoms with Gasteiger partial charge in [-0.25, -0.2) is 0 Å². The van der Waals surface area contributed by atoms with Gasteiger partial charge in [-0.3, -0.25) is 14.4 Å². The Kier molecular flexibility index (Phi) is 7.74. The molecule has 0 spiro atoms. The Balaban J connectivity index is 4.56. The van der Waals surface area contributed by atoms with E-state index in [9.17, 15) is 14.4 Å². The molecule has 104 valence electrons. The zero-order valence-corrected chi connectivity index (χ0v) is 11.2. The number of hydrogen-bond donors (Lipinski definition) is 0. The van der Waals surface area contributed by atoms with Crippen LogP contribution in [-0.4, -0.2) is 38.7 Å². The van der Waals surface area contributed by atoms with Crippen molar-refractivity contribution in [2.75, 3.05) is 20.8 Å². The third-order valence-electron chi connectivity index (χ3n) is 2.44. The number of ether oxygens (including phenoxy) is 3. The fourth-order valence-corrected chi connectivity index (χ4v) is 1.47. The molecule has 0 rings (SSSR count). The number of carbonyl (C=O) groups is 3. The number of rotatable bonds is 7. The summed E-state index contributed by atoms with van der Waals surface area (Å²) in [6.07, 6.45) is 0.687. The van der Waals surface area contributed by atoms with Crippen molar-refractivity contribution in [2.24, 2.45) is 11.8 Å². The van der Waals surface area contributed by atoms with Gasteiger partial charge < -0.3 is 14.2 Å². The van der Waals surface area contributed by atoms with E-state index in [0.717, 1.165) is 6.42 Å². The third-order valence-corrected chi connectivity index (χ3v) is 2.44. The second-order valence-electron chi connectivity index (χ2n) is 3.93. The maximum Gasteiger partial charge on any atom is 0.320 e. The molecule has 0 N–H and O–H groups in total. The molecule has 0 saturated heterocycles. The fourth-order valence-electron chi connectivity index (χ4n) is 1.47. The molecule has 18 heavy (non-hydrogen) atoms. The van der Waals surface area contributed by atoms with Crippen LogP contribution in [0.4, 0.5) is 0 Å². The van der Waals surface area contributed by atoms with Crippen LogP contribution in [0.5, 0.6) is 0 Å². The molecule has 0 bridgehead atoms. The maximum absolute atomic E-state index is 11.5. The van der Waals surface area contributed by atoms with Crippen molar-refractivity contribution in [1.29, 1.82) is 0 Å². The van der Waals surface area contributed by atoms with Crippen molar-refractivity contribution in [1.82, 2.24) is 0 Å². The molecule has 0 heterocycles. The lowest BCUT2D eigenvalue weighted by Crippen LogP contribution is -2.33. The van der Waals surface area contributed by atoms with Crippen molar-refractivity contribution in [2.45, 2.75) is 26.7 Å². The number of hydrogen-bond acceptors (Lipinski definition) is 6. The van der Waals surface area contributed by atoms with Crippen LogP contribution in [0.25, 0.3) is 0 Å². The van der Waals surface area contributed by atoms with E-state index in [1.54, 1.807) is 6.92 Å². The van der Waals surface area contributed by atoms with Crippen molar-refractivity contribution in [3.8, 4) is 0 Å². The summed E-state index contributed by atoms with van der Waals surface area (Å²) < 4.78 is 14.0. The molecule has 0 aliphatic rings. The van der Waals surface area contributed by atoms with E-state index in [1.165, 1.54) is 14.2 Å². The summed E-state index contributed by atoms with van der Waals surface area (Å²) in [7, 11) is 2.36. The Hall–Kier alpha value is -1.59. The normalized spacial score (nSPS) is 11.8. The summed E-state index contributed by atoms with van der Waals surface area (Å²) in [5.74, 6) is -3.50. The fraction of sp³-hybridized carbons (Fsp3) is 0.750. The molecule has 0 aromatic carbocycles. The van der Waals surface area contributed by atoms with Crippen LogP contribution < -0.4 is 0 Å². The van der Waals surface area contributed by atoms with Crippen LogP contribution in [0, 0.1) is 11.8 Å². The molecule has 0 radical (unpaired) electrons. The van der Waals surface area contributed by atoms with Gasteiger partial charge >= 0.3 is 17.9 Å². The minimum Gasteiger partial charge on any atom is -0.468 e. The van der Waals surface area contributed by atoms with Gasteiger partial charge in [-0.1, -0.05) is 13.8 Å². The largest absolute Gasteiger partial charge is 0.468 e. The Bertz CT molecular complexity index is 283. The minimum atomic E-state index is -1.10. The molecule has 6 nitrogen and oxygen atoms in total. The lowest BCUT2D eigenvalue weighted by molar-refractivity contribution is -0.162. The molecule has 0 saturated carbocycles. The molecule has 0 aliphatic carbocycles. The van der Waals surface area contributed by atoms with Gasteiger partial charge in [-0.15, -0.1) is 0 Å². The highest BCUT2D eigenvalue weighted by Gasteiger charge is 2.35. The van der Waals surface area contributed by atoms with E-state index in [0.29, 0.717) is 6.61 Å². The highest BCUT2D eigenvalue weighted by atomic mass is 16.5. The Morgan fingerprint density at radius 1 is 1.06 bits per heavy atom. The van der Waals surface area contributed by atoms with E-state index >= 15 is 0 Å². The number of methoxy groups -OCH3 is 2. The first-order valence-corrected chi connectivity index (χ1v) is 5.79. The predicted molar refractivity (Wildman–Crippen MR) is 62.6 cm³/mol. The summed E-state index contributed by atoms with van der Waals surface area (Å²) in [6.45, 7) is 3.81. The topological polar surface area (TPSA) is 78.9 Å².